The molecule has 2 heterocycles. The van der Waals surface area contributed by atoms with Crippen LogP contribution in [-0.2, 0) is 9.59 Å². The lowest BCUT2D eigenvalue weighted by atomic mass is 9.91. The first-order chi connectivity index (χ1) is 15.7. The molecule has 9 heteroatoms. The van der Waals surface area contributed by atoms with Crippen molar-refractivity contribution in [3.8, 4) is 5.75 Å². The molecule has 3 atom stereocenters. The van der Waals surface area contributed by atoms with Gasteiger partial charge in [0.05, 0.1) is 11.8 Å². The van der Waals surface area contributed by atoms with Crippen LogP contribution in [0.25, 0.3) is 10.8 Å². The van der Waals surface area contributed by atoms with Crippen LogP contribution in [0.3, 0.4) is 0 Å². The first-order valence-corrected chi connectivity index (χ1v) is 11.2. The predicted molar refractivity (Wildman–Crippen MR) is 123 cm³/mol. The number of likely N-dealkylation sites (tertiary alicyclic amines) is 1. The maximum absolute atomic E-state index is 13.4. The number of aliphatic hydroxyl groups is 1. The number of nitrogens with one attached hydrogen (secondary N) is 1. The van der Waals surface area contributed by atoms with Crippen molar-refractivity contribution in [3.63, 3.8) is 0 Å². The molecule has 3 aromatic rings. The molecule has 1 aliphatic rings. The summed E-state index contributed by atoms with van der Waals surface area (Å²) in [6.45, 7) is 5.64. The van der Waals surface area contributed by atoms with Gasteiger partial charge in [-0.2, -0.15) is 5.48 Å². The van der Waals surface area contributed by atoms with Crippen LogP contribution < -0.4 is 10.3 Å². The van der Waals surface area contributed by atoms with Gasteiger partial charge >= 0.3 is 0 Å². The summed E-state index contributed by atoms with van der Waals surface area (Å²) in [6.07, 6.45) is -0.684. The molecule has 8 nitrogen and oxygen atoms in total. The van der Waals surface area contributed by atoms with Crippen molar-refractivity contribution in [2.24, 2.45) is 5.92 Å². The quantitative estimate of drug-likeness (QED) is 0.532. The monoisotopic (exact) mass is 471 g/mol. The van der Waals surface area contributed by atoms with Crippen LogP contribution in [0.5, 0.6) is 5.75 Å². The molecule has 1 fully saturated rings. The number of hydroxylamine groups is 1. The van der Waals surface area contributed by atoms with E-state index < -0.39 is 24.0 Å². The fourth-order valence-electron chi connectivity index (χ4n) is 4.19. The smallest absolute Gasteiger partial charge is 0.275 e. The zero-order valence-corrected chi connectivity index (χ0v) is 19.4. The molecule has 1 saturated heterocycles. The minimum absolute atomic E-state index is 0.0595. The highest BCUT2D eigenvalue weighted by Crippen LogP contribution is 2.31. The van der Waals surface area contributed by atoms with Gasteiger partial charge in [0.25, 0.3) is 5.91 Å². The van der Waals surface area contributed by atoms with Gasteiger partial charge in [0, 0.05) is 24.1 Å². The molecule has 4 rings (SSSR count). The number of fused-ring (bicyclic) bond motifs is 1. The van der Waals surface area contributed by atoms with Crippen molar-refractivity contribution in [2.45, 2.75) is 45.3 Å². The molecular formula is C24H26ClN3O5. The van der Waals surface area contributed by atoms with E-state index in [0.717, 1.165) is 10.8 Å². The Hall–Kier alpha value is -3.10. The Morgan fingerprint density at radius 2 is 1.94 bits per heavy atom. The lowest BCUT2D eigenvalue weighted by Gasteiger charge is -2.28. The fraction of sp³-hybridized carbons (Fsp3) is 0.375. The number of carbonyl (C=O) groups excluding carboxylic acids is 2. The summed E-state index contributed by atoms with van der Waals surface area (Å²) >= 11 is 6.02. The van der Waals surface area contributed by atoms with Gasteiger partial charge in [0.15, 0.2) is 5.75 Å². The van der Waals surface area contributed by atoms with Crippen molar-refractivity contribution in [1.82, 2.24) is 15.5 Å². The number of halogens is 1. The Balaban J connectivity index is 1.48. The van der Waals surface area contributed by atoms with Gasteiger partial charge in [-0.1, -0.05) is 42.7 Å². The van der Waals surface area contributed by atoms with E-state index >= 15 is 0 Å². The van der Waals surface area contributed by atoms with E-state index in [1.807, 2.05) is 32.0 Å². The number of rotatable bonds is 6. The first-order valence-electron chi connectivity index (χ1n) is 10.8. The van der Waals surface area contributed by atoms with Crippen LogP contribution in [0.4, 0.5) is 0 Å². The number of aliphatic hydroxyl groups excluding tert-OH is 1. The first kappa shape index (κ1) is 23.1. The molecule has 2 aromatic carbocycles. The summed E-state index contributed by atoms with van der Waals surface area (Å²) < 4.78 is 5.35. The molecule has 174 valence electrons. The van der Waals surface area contributed by atoms with E-state index in [0.29, 0.717) is 22.2 Å². The maximum Gasteiger partial charge on any atom is 0.275 e. The van der Waals surface area contributed by atoms with Gasteiger partial charge in [-0.15, -0.1) is 0 Å². The second-order valence-corrected chi connectivity index (χ2v) is 9.15. The number of carbonyl (C=O) groups is 2. The largest absolute Gasteiger partial charge is 0.391 e. The summed E-state index contributed by atoms with van der Waals surface area (Å²) in [4.78, 5) is 33.2. The normalized spacial score (nSPS) is 19.2. The standard InChI is InChI=1S/C24H26ClN3O5/c1-13(2)22(21-8-14(3)26-33-21)24(31)28-12-18(29)11-20(28)23(30)27-32-19-7-5-15-9-17(25)6-4-16(15)10-19/h4-10,13,18,20,22,29H,11-12H2,1-3H3,(H,27,30)/t18-,20-,22+/m1/s1. The van der Waals surface area contributed by atoms with Crippen LogP contribution >= 0.6 is 11.6 Å². The minimum atomic E-state index is -0.864. The zero-order chi connectivity index (χ0) is 23.7. The second-order valence-electron chi connectivity index (χ2n) is 8.71. The van der Waals surface area contributed by atoms with Crippen LogP contribution in [0.15, 0.2) is 47.0 Å². The Bertz CT molecular complexity index is 1180. The van der Waals surface area contributed by atoms with Crippen LogP contribution in [0.2, 0.25) is 5.02 Å². The molecule has 2 amide bonds. The highest BCUT2D eigenvalue weighted by molar-refractivity contribution is 6.31. The van der Waals surface area contributed by atoms with Crippen molar-refractivity contribution in [3.05, 3.63) is 58.9 Å². The SMILES string of the molecule is Cc1cc([C@@H](C(=O)N2C[C@H](O)C[C@@H]2C(=O)NOc2ccc3cc(Cl)ccc3c2)C(C)C)on1. The fourth-order valence-corrected chi connectivity index (χ4v) is 4.37. The van der Waals surface area contributed by atoms with Crippen molar-refractivity contribution >= 4 is 34.2 Å². The molecule has 0 aliphatic carbocycles. The molecule has 0 bridgehead atoms. The Labute approximate surface area is 196 Å². The van der Waals surface area contributed by atoms with Crippen molar-refractivity contribution < 1.29 is 24.1 Å². The van der Waals surface area contributed by atoms with Gasteiger partial charge < -0.3 is 19.4 Å². The van der Waals surface area contributed by atoms with E-state index in [2.05, 4.69) is 10.6 Å². The molecule has 0 saturated carbocycles. The molecule has 33 heavy (non-hydrogen) atoms. The van der Waals surface area contributed by atoms with Crippen LogP contribution in [0.1, 0.15) is 37.6 Å². The number of benzene rings is 2. The van der Waals surface area contributed by atoms with Gasteiger partial charge in [-0.3, -0.25) is 9.59 Å². The third-order valence-electron chi connectivity index (χ3n) is 5.79. The number of nitrogens with zero attached hydrogens (tertiary/aromatic N) is 2. The number of aromatic nitrogens is 1. The van der Waals surface area contributed by atoms with Crippen molar-refractivity contribution in [2.75, 3.05) is 6.54 Å². The molecule has 0 unspecified atom stereocenters. The predicted octanol–water partition coefficient (Wildman–Crippen LogP) is 3.60. The molecule has 0 spiro atoms. The number of hydrogen-bond donors (Lipinski definition) is 2. The van der Waals surface area contributed by atoms with E-state index in [1.54, 1.807) is 31.2 Å². The molecule has 2 N–H and O–H groups in total. The van der Waals surface area contributed by atoms with Gasteiger partial charge in [0.1, 0.15) is 17.7 Å². The van der Waals surface area contributed by atoms with Gasteiger partial charge in [-0.05, 0) is 47.9 Å². The van der Waals surface area contributed by atoms with E-state index in [-0.39, 0.29) is 24.8 Å². The molecule has 1 aliphatic heterocycles. The Morgan fingerprint density at radius 3 is 2.64 bits per heavy atom. The Morgan fingerprint density at radius 1 is 1.21 bits per heavy atom. The maximum atomic E-state index is 13.4. The third kappa shape index (κ3) is 4.96. The summed E-state index contributed by atoms with van der Waals surface area (Å²) in [5.74, 6) is -0.617. The van der Waals surface area contributed by atoms with Gasteiger partial charge in [-0.25, -0.2) is 0 Å². The topological polar surface area (TPSA) is 105 Å². The lowest BCUT2D eigenvalue weighted by molar-refractivity contribution is -0.143. The second kappa shape index (κ2) is 9.41. The molecule has 1 aromatic heterocycles. The highest BCUT2D eigenvalue weighted by atomic mass is 35.5. The third-order valence-corrected chi connectivity index (χ3v) is 6.03. The van der Waals surface area contributed by atoms with Crippen LogP contribution in [-0.4, -0.2) is 45.7 Å². The summed E-state index contributed by atoms with van der Waals surface area (Å²) in [7, 11) is 0. The van der Waals surface area contributed by atoms with Crippen molar-refractivity contribution in [1.29, 1.82) is 0 Å². The number of β-amino-alcohol motifs (C(OH)–C–C–N with tert-alkyl or cyclic N) is 1. The average Bonchev–Trinajstić information content (AvgIpc) is 3.37. The van der Waals surface area contributed by atoms with Gasteiger partial charge in [0.2, 0.25) is 5.91 Å². The van der Waals surface area contributed by atoms with E-state index in [1.165, 1.54) is 4.90 Å². The zero-order valence-electron chi connectivity index (χ0n) is 18.6. The number of amides is 2. The highest BCUT2D eigenvalue weighted by Gasteiger charge is 2.43. The van der Waals surface area contributed by atoms with E-state index in [9.17, 15) is 14.7 Å². The minimum Gasteiger partial charge on any atom is -0.391 e. The molecular weight excluding hydrogens is 446 g/mol. The number of aryl methyl sites for hydroxylation is 1. The lowest BCUT2D eigenvalue weighted by Crippen LogP contribution is -2.48. The average molecular weight is 472 g/mol. The number of hydrogen-bond acceptors (Lipinski definition) is 6. The summed E-state index contributed by atoms with van der Waals surface area (Å²) in [6, 6.07) is 11.7. The summed E-state index contributed by atoms with van der Waals surface area (Å²) in [5, 5.41) is 16.6. The summed E-state index contributed by atoms with van der Waals surface area (Å²) in [5.41, 5.74) is 3.10. The molecule has 0 radical (unpaired) electrons. The Kier molecular flexibility index (Phi) is 6.58. The van der Waals surface area contributed by atoms with E-state index in [4.69, 9.17) is 21.0 Å². The van der Waals surface area contributed by atoms with Crippen LogP contribution in [0, 0.1) is 12.8 Å².